The third kappa shape index (κ3) is 2.37. The van der Waals surface area contributed by atoms with Gasteiger partial charge in [-0.2, -0.15) is 0 Å². The molecule has 4 nitrogen and oxygen atoms in total. The molecule has 4 heteroatoms. The molecular weight excluding hydrogens is 230 g/mol. The summed E-state index contributed by atoms with van der Waals surface area (Å²) in [5, 5.41) is 2.73. The first kappa shape index (κ1) is 12.6. The van der Waals surface area contributed by atoms with Crippen molar-refractivity contribution in [1.82, 2.24) is 5.32 Å². The van der Waals surface area contributed by atoms with Gasteiger partial charge in [0.15, 0.2) is 5.78 Å². The predicted octanol–water partition coefficient (Wildman–Crippen LogP) is 2.04. The molecule has 0 saturated carbocycles. The number of rotatable bonds is 3. The van der Waals surface area contributed by atoms with Crippen molar-refractivity contribution in [3.05, 3.63) is 29.3 Å². The zero-order valence-electron chi connectivity index (χ0n) is 10.7. The third-order valence-electron chi connectivity index (χ3n) is 3.21. The van der Waals surface area contributed by atoms with E-state index in [4.69, 9.17) is 4.74 Å². The lowest BCUT2D eigenvalue weighted by molar-refractivity contribution is 0.0927. The second kappa shape index (κ2) is 5.21. The fraction of sp³-hybridized carbons (Fsp3) is 0.429. The summed E-state index contributed by atoms with van der Waals surface area (Å²) in [5.74, 6) is 0.405. The van der Waals surface area contributed by atoms with Crippen molar-refractivity contribution in [3.8, 4) is 5.75 Å². The number of benzene rings is 1. The maximum Gasteiger partial charge on any atom is 0.255 e. The number of nitrogens with one attached hydrogen (secondary N) is 1. The first-order chi connectivity index (χ1) is 8.63. The first-order valence-electron chi connectivity index (χ1n) is 6.22. The van der Waals surface area contributed by atoms with Crippen molar-refractivity contribution in [2.45, 2.75) is 20.3 Å². The number of ketones is 1. The van der Waals surface area contributed by atoms with E-state index in [0.29, 0.717) is 30.0 Å². The van der Waals surface area contributed by atoms with Crippen LogP contribution in [-0.2, 0) is 0 Å². The van der Waals surface area contributed by atoms with E-state index < -0.39 is 0 Å². The highest BCUT2D eigenvalue weighted by atomic mass is 16.5. The second-order valence-corrected chi connectivity index (χ2v) is 4.49. The summed E-state index contributed by atoms with van der Waals surface area (Å²) in [5.41, 5.74) is 1.02. The summed E-state index contributed by atoms with van der Waals surface area (Å²) in [4.78, 5) is 23.9. The second-order valence-electron chi connectivity index (χ2n) is 4.49. The molecule has 0 saturated heterocycles. The molecule has 0 fully saturated rings. The molecule has 1 amide bonds. The SMILES string of the molecule is CCC(C)C(=O)c1ccc2c(c1)C(=O)NCCO2. The van der Waals surface area contributed by atoms with Crippen LogP contribution < -0.4 is 10.1 Å². The lowest BCUT2D eigenvalue weighted by Gasteiger charge is -2.10. The molecule has 96 valence electrons. The first-order valence-corrected chi connectivity index (χ1v) is 6.22. The molecule has 1 atom stereocenters. The van der Waals surface area contributed by atoms with Crippen molar-refractivity contribution in [2.75, 3.05) is 13.2 Å². The number of carbonyl (C=O) groups is 2. The standard InChI is InChI=1S/C14H17NO3/c1-3-9(2)13(16)10-4-5-12-11(8-10)14(17)15-6-7-18-12/h4-5,8-9H,3,6-7H2,1-2H3,(H,15,17). The number of amides is 1. The molecule has 1 heterocycles. The van der Waals surface area contributed by atoms with Gasteiger partial charge in [-0.1, -0.05) is 13.8 Å². The molecule has 0 spiro atoms. The van der Waals surface area contributed by atoms with Crippen LogP contribution >= 0.6 is 0 Å². The van der Waals surface area contributed by atoms with Gasteiger partial charge in [0, 0.05) is 11.5 Å². The summed E-state index contributed by atoms with van der Waals surface area (Å²) >= 11 is 0. The molecule has 1 aliphatic heterocycles. The summed E-state index contributed by atoms with van der Waals surface area (Å²) in [6, 6.07) is 5.06. The molecule has 0 bridgehead atoms. The zero-order chi connectivity index (χ0) is 13.1. The van der Waals surface area contributed by atoms with Crippen LogP contribution in [0.3, 0.4) is 0 Å². The van der Waals surface area contributed by atoms with Crippen LogP contribution in [0.2, 0.25) is 0 Å². The van der Waals surface area contributed by atoms with Crippen LogP contribution in [0.5, 0.6) is 5.75 Å². The fourth-order valence-corrected chi connectivity index (χ4v) is 1.88. The number of carbonyl (C=O) groups excluding carboxylic acids is 2. The Hall–Kier alpha value is -1.84. The van der Waals surface area contributed by atoms with Gasteiger partial charge in [0.05, 0.1) is 12.1 Å². The van der Waals surface area contributed by atoms with E-state index in [2.05, 4.69) is 5.32 Å². The Labute approximate surface area is 106 Å². The highest BCUT2D eigenvalue weighted by Gasteiger charge is 2.20. The summed E-state index contributed by atoms with van der Waals surface area (Å²) < 4.78 is 5.45. The lowest BCUT2D eigenvalue weighted by Crippen LogP contribution is -2.24. The van der Waals surface area contributed by atoms with Crippen molar-refractivity contribution < 1.29 is 14.3 Å². The van der Waals surface area contributed by atoms with Crippen molar-refractivity contribution in [2.24, 2.45) is 5.92 Å². The highest BCUT2D eigenvalue weighted by Crippen LogP contribution is 2.23. The molecule has 1 aromatic rings. The third-order valence-corrected chi connectivity index (χ3v) is 3.21. The van der Waals surface area contributed by atoms with Gasteiger partial charge >= 0.3 is 0 Å². The molecule has 0 radical (unpaired) electrons. The monoisotopic (exact) mass is 247 g/mol. The molecule has 0 aliphatic carbocycles. The van der Waals surface area contributed by atoms with E-state index >= 15 is 0 Å². The van der Waals surface area contributed by atoms with Crippen molar-refractivity contribution in [1.29, 1.82) is 0 Å². The molecule has 1 N–H and O–H groups in total. The minimum atomic E-state index is -0.179. The molecule has 1 aliphatic rings. The van der Waals surface area contributed by atoms with Gasteiger partial charge in [0.25, 0.3) is 5.91 Å². The Morgan fingerprint density at radius 2 is 2.28 bits per heavy atom. The maximum absolute atomic E-state index is 12.1. The van der Waals surface area contributed by atoms with Gasteiger partial charge < -0.3 is 10.1 Å². The molecule has 0 aromatic heterocycles. The molecule has 18 heavy (non-hydrogen) atoms. The van der Waals surface area contributed by atoms with Crippen LogP contribution in [0.4, 0.5) is 0 Å². The van der Waals surface area contributed by atoms with Gasteiger partial charge in [0.1, 0.15) is 12.4 Å². The van der Waals surface area contributed by atoms with Crippen molar-refractivity contribution in [3.63, 3.8) is 0 Å². The smallest absolute Gasteiger partial charge is 0.255 e. The van der Waals surface area contributed by atoms with Crippen LogP contribution in [0.1, 0.15) is 41.0 Å². The average Bonchev–Trinajstić information content (AvgIpc) is 2.59. The van der Waals surface area contributed by atoms with Gasteiger partial charge in [-0.15, -0.1) is 0 Å². The van der Waals surface area contributed by atoms with E-state index in [-0.39, 0.29) is 17.6 Å². The Bertz CT molecular complexity index is 482. The van der Waals surface area contributed by atoms with Crippen LogP contribution in [0.25, 0.3) is 0 Å². The number of ether oxygens (including phenoxy) is 1. The quantitative estimate of drug-likeness (QED) is 0.831. The number of Topliss-reactive ketones (excluding diaryl/α,β-unsaturated/α-hetero) is 1. The molecule has 1 unspecified atom stereocenters. The van der Waals surface area contributed by atoms with E-state index in [1.54, 1.807) is 18.2 Å². The normalized spacial score (nSPS) is 16.0. The lowest BCUT2D eigenvalue weighted by atomic mass is 9.95. The maximum atomic E-state index is 12.1. The molecular formula is C14H17NO3. The van der Waals surface area contributed by atoms with Crippen LogP contribution in [0.15, 0.2) is 18.2 Å². The molecule has 2 rings (SSSR count). The Morgan fingerprint density at radius 3 is 3.00 bits per heavy atom. The van der Waals surface area contributed by atoms with Gasteiger partial charge in [-0.3, -0.25) is 9.59 Å². The summed E-state index contributed by atoms with van der Waals surface area (Å²) in [6.45, 7) is 4.81. The fourth-order valence-electron chi connectivity index (χ4n) is 1.88. The van der Waals surface area contributed by atoms with Crippen LogP contribution in [0, 0.1) is 5.92 Å². The van der Waals surface area contributed by atoms with Crippen molar-refractivity contribution >= 4 is 11.7 Å². The summed E-state index contributed by atoms with van der Waals surface area (Å²) in [7, 11) is 0. The Balaban J connectivity index is 2.36. The largest absolute Gasteiger partial charge is 0.491 e. The minimum Gasteiger partial charge on any atom is -0.491 e. The average molecular weight is 247 g/mol. The molecule has 1 aromatic carbocycles. The number of hydrogen-bond donors (Lipinski definition) is 1. The Morgan fingerprint density at radius 1 is 1.50 bits per heavy atom. The van der Waals surface area contributed by atoms with Gasteiger partial charge in [0.2, 0.25) is 0 Å². The van der Waals surface area contributed by atoms with Gasteiger partial charge in [-0.05, 0) is 24.6 Å². The topological polar surface area (TPSA) is 55.4 Å². The van der Waals surface area contributed by atoms with E-state index in [0.717, 1.165) is 6.42 Å². The Kier molecular flexibility index (Phi) is 3.65. The minimum absolute atomic E-state index is 0.0298. The van der Waals surface area contributed by atoms with Gasteiger partial charge in [-0.25, -0.2) is 0 Å². The van der Waals surface area contributed by atoms with Crippen LogP contribution in [-0.4, -0.2) is 24.8 Å². The van der Waals surface area contributed by atoms with E-state index in [1.165, 1.54) is 0 Å². The highest BCUT2D eigenvalue weighted by molar-refractivity contribution is 6.03. The number of fused-ring (bicyclic) bond motifs is 1. The van der Waals surface area contributed by atoms with E-state index in [9.17, 15) is 9.59 Å². The number of hydrogen-bond acceptors (Lipinski definition) is 3. The summed E-state index contributed by atoms with van der Waals surface area (Å²) in [6.07, 6.45) is 0.790. The predicted molar refractivity (Wildman–Crippen MR) is 68.1 cm³/mol. The van der Waals surface area contributed by atoms with E-state index in [1.807, 2.05) is 13.8 Å². The zero-order valence-corrected chi connectivity index (χ0v) is 10.7.